The Morgan fingerprint density at radius 3 is 2.59 bits per heavy atom. The average molecular weight is 389 g/mol. The van der Waals surface area contributed by atoms with Gasteiger partial charge in [-0.2, -0.15) is 0 Å². The van der Waals surface area contributed by atoms with Gasteiger partial charge in [0.15, 0.2) is 9.84 Å². The fraction of sp³-hybridized carbons (Fsp3) is 0.350. The molecule has 0 amide bonds. The fourth-order valence-corrected chi connectivity index (χ4v) is 4.53. The molecule has 0 aliphatic carbocycles. The maximum atomic E-state index is 12.0. The van der Waals surface area contributed by atoms with Gasteiger partial charge in [0.1, 0.15) is 11.5 Å². The van der Waals surface area contributed by atoms with Gasteiger partial charge >= 0.3 is 5.97 Å². The Hall–Kier alpha value is -2.38. The average Bonchev–Trinajstić information content (AvgIpc) is 2.65. The largest absolute Gasteiger partial charge is 0.497 e. The number of hydrogen-bond donors (Lipinski definition) is 1. The summed E-state index contributed by atoms with van der Waals surface area (Å²) < 4.78 is 29.4. The van der Waals surface area contributed by atoms with Crippen LogP contribution >= 0.6 is 0 Å². The zero-order valence-electron chi connectivity index (χ0n) is 15.2. The monoisotopic (exact) mass is 389 g/mol. The summed E-state index contributed by atoms with van der Waals surface area (Å²) in [4.78, 5) is 12.9. The van der Waals surface area contributed by atoms with Crippen molar-refractivity contribution in [1.82, 2.24) is 4.90 Å². The number of carboxylic acids is 1. The van der Waals surface area contributed by atoms with Crippen LogP contribution in [0.25, 0.3) is 0 Å². The van der Waals surface area contributed by atoms with E-state index >= 15 is 0 Å². The molecule has 0 aromatic heterocycles. The van der Waals surface area contributed by atoms with Crippen LogP contribution in [0.1, 0.15) is 22.7 Å². The second kappa shape index (κ2) is 8.10. The highest BCUT2D eigenvalue weighted by atomic mass is 32.2. The third kappa shape index (κ3) is 4.87. The Morgan fingerprint density at radius 1 is 1.19 bits per heavy atom. The van der Waals surface area contributed by atoms with Crippen LogP contribution in [0, 0.1) is 0 Å². The van der Waals surface area contributed by atoms with Crippen molar-refractivity contribution in [2.45, 2.75) is 19.0 Å². The lowest BCUT2D eigenvalue weighted by molar-refractivity contribution is -0.134. The smallest absolute Gasteiger partial charge is 0.318 e. The first-order valence-electron chi connectivity index (χ1n) is 8.75. The Kier molecular flexibility index (Phi) is 5.82. The maximum Gasteiger partial charge on any atom is 0.318 e. The number of sulfone groups is 1. The number of carbonyl (C=O) groups is 1. The highest BCUT2D eigenvalue weighted by Gasteiger charge is 2.29. The molecular formula is C20H23NO5S. The highest BCUT2D eigenvalue weighted by Crippen LogP contribution is 2.34. The van der Waals surface area contributed by atoms with Crippen LogP contribution < -0.4 is 4.74 Å². The molecule has 0 bridgehead atoms. The number of methoxy groups -OCH3 is 1. The number of hydrogen-bond acceptors (Lipinski definition) is 5. The van der Waals surface area contributed by atoms with Gasteiger partial charge in [0, 0.05) is 19.1 Å². The van der Waals surface area contributed by atoms with Crippen molar-refractivity contribution in [3.63, 3.8) is 0 Å². The van der Waals surface area contributed by atoms with Gasteiger partial charge in [-0.05, 0) is 35.2 Å². The van der Waals surface area contributed by atoms with Crippen LogP contribution in [0.4, 0.5) is 0 Å². The third-order valence-corrected chi connectivity index (χ3v) is 6.35. The van der Waals surface area contributed by atoms with Gasteiger partial charge in [-0.3, -0.25) is 9.69 Å². The van der Waals surface area contributed by atoms with Crippen molar-refractivity contribution >= 4 is 15.8 Å². The second-order valence-electron chi connectivity index (χ2n) is 6.72. The molecule has 1 atom stereocenters. The summed E-state index contributed by atoms with van der Waals surface area (Å²) in [7, 11) is -2.02. The Bertz CT molecular complexity index is 911. The minimum Gasteiger partial charge on any atom is -0.497 e. The standard InChI is InChI=1S/C20H23NO5S/c1-26-18-8-7-16-12-19(15-5-3-2-4-6-15)21(13-17(16)11-18)9-10-27(24,25)14-20(22)23/h2-8,11,19H,9-10,12-14H2,1H3,(H,22,23). The van der Waals surface area contributed by atoms with E-state index in [1.807, 2.05) is 42.5 Å². The van der Waals surface area contributed by atoms with E-state index in [0.29, 0.717) is 6.54 Å². The summed E-state index contributed by atoms with van der Waals surface area (Å²) in [5, 5.41) is 8.80. The lowest BCUT2D eigenvalue weighted by atomic mass is 9.90. The number of benzene rings is 2. The molecule has 3 rings (SSSR count). The van der Waals surface area contributed by atoms with Crippen LogP contribution in [0.15, 0.2) is 48.5 Å². The predicted octanol–water partition coefficient (Wildman–Crippen LogP) is 2.29. The molecule has 6 nitrogen and oxygen atoms in total. The van der Waals surface area contributed by atoms with Gasteiger partial charge in [0.05, 0.1) is 12.9 Å². The molecule has 2 aromatic carbocycles. The zero-order chi connectivity index (χ0) is 19.4. The quantitative estimate of drug-likeness (QED) is 0.782. The normalized spacial score (nSPS) is 17.3. The number of ether oxygens (including phenoxy) is 1. The highest BCUT2D eigenvalue weighted by molar-refractivity contribution is 7.92. The first-order chi connectivity index (χ1) is 12.9. The third-order valence-electron chi connectivity index (χ3n) is 4.86. The van der Waals surface area contributed by atoms with Crippen molar-refractivity contribution < 1.29 is 23.1 Å². The molecule has 144 valence electrons. The molecule has 0 saturated heterocycles. The summed E-state index contributed by atoms with van der Waals surface area (Å²) in [6.45, 7) is 0.876. The molecule has 0 fully saturated rings. The van der Waals surface area contributed by atoms with Crippen LogP contribution in [0.2, 0.25) is 0 Å². The molecule has 1 N–H and O–H groups in total. The fourth-order valence-electron chi connectivity index (χ4n) is 3.50. The molecule has 2 aromatic rings. The molecule has 1 aliphatic heterocycles. The summed E-state index contributed by atoms with van der Waals surface area (Å²) >= 11 is 0. The van der Waals surface area contributed by atoms with E-state index in [4.69, 9.17) is 9.84 Å². The van der Waals surface area contributed by atoms with Gasteiger partial charge in [-0.15, -0.1) is 0 Å². The van der Waals surface area contributed by atoms with E-state index in [1.165, 1.54) is 5.56 Å². The molecule has 1 aliphatic rings. The summed E-state index contributed by atoms with van der Waals surface area (Å²) in [6.07, 6.45) is 0.766. The molecule has 0 radical (unpaired) electrons. The van der Waals surface area contributed by atoms with Crippen LogP contribution in [0.5, 0.6) is 5.75 Å². The topological polar surface area (TPSA) is 83.9 Å². The SMILES string of the molecule is COc1ccc2c(c1)CN(CCS(=O)(=O)CC(=O)O)C(c1ccccc1)C2. The lowest BCUT2D eigenvalue weighted by Gasteiger charge is -2.37. The van der Waals surface area contributed by atoms with E-state index in [2.05, 4.69) is 11.0 Å². The van der Waals surface area contributed by atoms with E-state index in [-0.39, 0.29) is 18.3 Å². The number of nitrogens with zero attached hydrogens (tertiary/aromatic N) is 1. The second-order valence-corrected chi connectivity index (χ2v) is 8.91. The predicted molar refractivity (Wildman–Crippen MR) is 103 cm³/mol. The van der Waals surface area contributed by atoms with E-state index in [9.17, 15) is 13.2 Å². The van der Waals surface area contributed by atoms with Gasteiger partial charge in [0.25, 0.3) is 0 Å². The molecule has 0 saturated carbocycles. The van der Waals surface area contributed by atoms with Gasteiger partial charge in [0.2, 0.25) is 0 Å². The Labute approximate surface area is 159 Å². The number of rotatable bonds is 7. The molecule has 0 spiro atoms. The lowest BCUT2D eigenvalue weighted by Crippen LogP contribution is -2.38. The van der Waals surface area contributed by atoms with Gasteiger partial charge in [-0.25, -0.2) is 8.42 Å². The first kappa shape index (κ1) is 19.4. The molecular weight excluding hydrogens is 366 g/mol. The van der Waals surface area contributed by atoms with E-state index < -0.39 is 21.6 Å². The van der Waals surface area contributed by atoms with Crippen LogP contribution in [-0.2, 0) is 27.6 Å². The summed E-state index contributed by atoms with van der Waals surface area (Å²) in [5.74, 6) is -1.56. The minimum absolute atomic E-state index is 0.0483. The van der Waals surface area contributed by atoms with Crippen molar-refractivity contribution in [1.29, 1.82) is 0 Å². The number of aliphatic carboxylic acids is 1. The van der Waals surface area contributed by atoms with Crippen molar-refractivity contribution in [2.24, 2.45) is 0 Å². The van der Waals surface area contributed by atoms with Crippen molar-refractivity contribution in [3.05, 3.63) is 65.2 Å². The molecule has 1 unspecified atom stereocenters. The number of carboxylic acid groups (broad SMARTS) is 1. The molecule has 1 heterocycles. The van der Waals surface area contributed by atoms with Gasteiger partial charge in [-0.1, -0.05) is 36.4 Å². The number of fused-ring (bicyclic) bond motifs is 1. The summed E-state index contributed by atoms with van der Waals surface area (Å²) in [6, 6.07) is 16.0. The van der Waals surface area contributed by atoms with Crippen LogP contribution in [0.3, 0.4) is 0 Å². The van der Waals surface area contributed by atoms with E-state index in [1.54, 1.807) is 7.11 Å². The maximum absolute atomic E-state index is 12.0. The van der Waals surface area contributed by atoms with Crippen LogP contribution in [-0.4, -0.2) is 49.6 Å². The minimum atomic E-state index is -3.64. The van der Waals surface area contributed by atoms with Crippen molar-refractivity contribution in [2.75, 3.05) is 25.2 Å². The van der Waals surface area contributed by atoms with Gasteiger partial charge < -0.3 is 9.84 Å². The first-order valence-corrected chi connectivity index (χ1v) is 10.6. The Balaban J connectivity index is 1.86. The van der Waals surface area contributed by atoms with Crippen molar-refractivity contribution in [3.8, 4) is 5.75 Å². The zero-order valence-corrected chi connectivity index (χ0v) is 16.0. The Morgan fingerprint density at radius 2 is 1.93 bits per heavy atom. The molecule has 7 heteroatoms. The molecule has 27 heavy (non-hydrogen) atoms. The van der Waals surface area contributed by atoms with E-state index in [0.717, 1.165) is 23.3 Å². The summed E-state index contributed by atoms with van der Waals surface area (Å²) in [5.41, 5.74) is 3.45.